The predicted octanol–water partition coefficient (Wildman–Crippen LogP) is 4.16. The topological polar surface area (TPSA) is 85.8 Å². The van der Waals surface area contributed by atoms with Crippen molar-refractivity contribution >= 4 is 32.4 Å². The lowest BCUT2D eigenvalue weighted by atomic mass is 9.97. The zero-order valence-corrected chi connectivity index (χ0v) is 19.9. The third-order valence-corrected chi connectivity index (χ3v) is 7.76. The number of hydrogen-bond donors (Lipinski definition) is 0. The second-order valence-corrected chi connectivity index (χ2v) is 10.1. The van der Waals surface area contributed by atoms with Gasteiger partial charge in [-0.2, -0.15) is 0 Å². The van der Waals surface area contributed by atoms with Crippen LogP contribution in [-0.4, -0.2) is 46.2 Å². The molecule has 0 spiro atoms. The van der Waals surface area contributed by atoms with E-state index in [1.807, 2.05) is 17.9 Å². The second kappa shape index (κ2) is 9.39. The molecule has 7 nitrogen and oxygen atoms in total. The minimum Gasteiger partial charge on any atom is -0.497 e. The van der Waals surface area contributed by atoms with Gasteiger partial charge in [-0.05, 0) is 57.0 Å². The number of rotatable bonds is 6. The number of anilines is 1. The van der Waals surface area contributed by atoms with Gasteiger partial charge >= 0.3 is 5.97 Å². The average Bonchev–Trinajstić information content (AvgIpc) is 2.83. The van der Waals surface area contributed by atoms with E-state index in [0.29, 0.717) is 48.5 Å². The van der Waals surface area contributed by atoms with Crippen LogP contribution in [0.5, 0.6) is 5.75 Å². The summed E-state index contributed by atoms with van der Waals surface area (Å²) < 4.78 is 38.1. The summed E-state index contributed by atoms with van der Waals surface area (Å²) in [5, 5.41) is 0.673. The van der Waals surface area contributed by atoms with Crippen LogP contribution < -0.4 is 9.64 Å². The lowest BCUT2D eigenvalue weighted by molar-refractivity contribution is -0.148. The van der Waals surface area contributed by atoms with Crippen molar-refractivity contribution in [2.24, 2.45) is 5.92 Å². The summed E-state index contributed by atoms with van der Waals surface area (Å²) in [6.07, 6.45) is 2.89. The maximum atomic E-state index is 13.7. The highest BCUT2D eigenvalue weighted by atomic mass is 32.2. The van der Waals surface area contributed by atoms with Crippen LogP contribution in [0, 0.1) is 12.8 Å². The molecule has 3 aromatic rings. The third kappa shape index (κ3) is 4.53. The van der Waals surface area contributed by atoms with Gasteiger partial charge in [0.05, 0.1) is 35.7 Å². The van der Waals surface area contributed by atoms with E-state index >= 15 is 0 Å². The molecule has 0 N–H and O–H groups in total. The van der Waals surface area contributed by atoms with Gasteiger partial charge < -0.3 is 14.4 Å². The second-order valence-electron chi connectivity index (χ2n) is 8.21. The Balaban J connectivity index is 1.90. The smallest absolute Gasteiger partial charge is 0.310 e. The molecule has 4 rings (SSSR count). The molecule has 1 fully saturated rings. The summed E-state index contributed by atoms with van der Waals surface area (Å²) in [7, 11) is -2.29. The number of hydrogen-bond acceptors (Lipinski definition) is 7. The zero-order chi connectivity index (χ0) is 23.6. The highest BCUT2D eigenvalue weighted by molar-refractivity contribution is 7.91. The van der Waals surface area contributed by atoms with Gasteiger partial charge in [0, 0.05) is 24.7 Å². The average molecular weight is 469 g/mol. The Kier molecular flexibility index (Phi) is 6.56. The van der Waals surface area contributed by atoms with E-state index < -0.39 is 9.84 Å². The maximum absolute atomic E-state index is 13.7. The lowest BCUT2D eigenvalue weighted by Gasteiger charge is -2.35. The maximum Gasteiger partial charge on any atom is 0.310 e. The monoisotopic (exact) mass is 468 g/mol. The fraction of sp³-hybridized carbons (Fsp3) is 0.360. The minimum atomic E-state index is -3.86. The zero-order valence-electron chi connectivity index (χ0n) is 19.1. The number of ether oxygens (including phenoxy) is 2. The van der Waals surface area contributed by atoms with Crippen molar-refractivity contribution in [2.45, 2.75) is 36.5 Å². The van der Waals surface area contributed by atoms with Crippen molar-refractivity contribution in [3.63, 3.8) is 0 Å². The van der Waals surface area contributed by atoms with Gasteiger partial charge in [-0.3, -0.25) is 9.78 Å². The van der Waals surface area contributed by atoms with Gasteiger partial charge in [0.15, 0.2) is 0 Å². The fourth-order valence-electron chi connectivity index (χ4n) is 4.27. The van der Waals surface area contributed by atoms with E-state index in [-0.39, 0.29) is 21.7 Å². The van der Waals surface area contributed by atoms with Crippen LogP contribution in [0.3, 0.4) is 0 Å². The number of methoxy groups -OCH3 is 1. The van der Waals surface area contributed by atoms with Crippen LogP contribution in [-0.2, 0) is 19.4 Å². The van der Waals surface area contributed by atoms with E-state index in [1.165, 1.54) is 6.20 Å². The Morgan fingerprint density at radius 3 is 2.64 bits per heavy atom. The molecule has 1 aliphatic rings. The Bertz CT molecular complexity index is 1270. The molecule has 33 heavy (non-hydrogen) atoms. The summed E-state index contributed by atoms with van der Waals surface area (Å²) in [6, 6.07) is 12.2. The molecule has 1 saturated heterocycles. The van der Waals surface area contributed by atoms with Gasteiger partial charge in [-0.25, -0.2) is 8.42 Å². The van der Waals surface area contributed by atoms with E-state index in [1.54, 1.807) is 50.4 Å². The lowest BCUT2D eigenvalue weighted by Crippen LogP contribution is -2.40. The van der Waals surface area contributed by atoms with Crippen LogP contribution in [0.4, 0.5) is 5.69 Å². The number of aryl methyl sites for hydroxylation is 1. The molecule has 0 bridgehead atoms. The first-order chi connectivity index (χ1) is 15.8. The van der Waals surface area contributed by atoms with Crippen molar-refractivity contribution < 1.29 is 22.7 Å². The molecule has 0 amide bonds. The van der Waals surface area contributed by atoms with Crippen LogP contribution in [0.2, 0.25) is 0 Å². The van der Waals surface area contributed by atoms with E-state index in [9.17, 15) is 13.2 Å². The Hall–Kier alpha value is -3.13. The SMILES string of the molecule is CCOC(=O)[C@H]1CCCN(c2c(S(=O)(=O)c3ccc(C)cc3)cnc3ccc(OC)cc23)C1. The molecule has 2 aromatic carbocycles. The van der Waals surface area contributed by atoms with Gasteiger partial charge in [-0.15, -0.1) is 0 Å². The first-order valence-electron chi connectivity index (χ1n) is 11.0. The number of pyridine rings is 1. The number of fused-ring (bicyclic) bond motifs is 1. The molecule has 174 valence electrons. The number of carbonyl (C=O) groups excluding carboxylic acids is 1. The molecule has 0 aliphatic carbocycles. The normalized spacial score (nSPS) is 16.6. The molecule has 0 unspecified atom stereocenters. The largest absolute Gasteiger partial charge is 0.497 e. The molecule has 8 heteroatoms. The van der Waals surface area contributed by atoms with Gasteiger partial charge in [0.2, 0.25) is 9.84 Å². The molecular weight excluding hydrogens is 440 g/mol. The number of sulfone groups is 1. The van der Waals surface area contributed by atoms with Crippen molar-refractivity contribution in [1.29, 1.82) is 0 Å². The fourth-order valence-corrected chi connectivity index (χ4v) is 5.70. The summed E-state index contributed by atoms with van der Waals surface area (Å²) in [6.45, 7) is 5.02. The Morgan fingerprint density at radius 2 is 1.94 bits per heavy atom. The number of aromatic nitrogens is 1. The van der Waals surface area contributed by atoms with Crippen molar-refractivity contribution in [1.82, 2.24) is 4.98 Å². The van der Waals surface area contributed by atoms with Crippen LogP contribution >= 0.6 is 0 Å². The number of nitrogens with zero attached hydrogens (tertiary/aromatic N) is 2. The van der Waals surface area contributed by atoms with E-state index in [4.69, 9.17) is 9.47 Å². The summed E-state index contributed by atoms with van der Waals surface area (Å²) in [5.41, 5.74) is 2.18. The molecular formula is C25H28N2O5S. The molecule has 1 aliphatic heterocycles. The summed E-state index contributed by atoms with van der Waals surface area (Å²) >= 11 is 0. The van der Waals surface area contributed by atoms with Crippen LogP contribution in [0.25, 0.3) is 10.9 Å². The standard InChI is InChI=1S/C25H28N2O5S/c1-4-32-25(28)18-6-5-13-27(16-18)24-21-14-19(31-3)9-12-22(21)26-15-23(24)33(29,30)20-10-7-17(2)8-11-20/h7-12,14-15,18H,4-6,13,16H2,1-3H3/t18-/m0/s1. The van der Waals surface area contributed by atoms with Crippen molar-refractivity contribution in [3.05, 3.63) is 54.2 Å². The molecule has 0 radical (unpaired) electrons. The number of piperidine rings is 1. The highest BCUT2D eigenvalue weighted by Gasteiger charge is 2.32. The van der Waals surface area contributed by atoms with Crippen molar-refractivity contribution in [3.8, 4) is 5.75 Å². The molecule has 0 saturated carbocycles. The number of esters is 1. The summed E-state index contributed by atoms with van der Waals surface area (Å²) in [5.74, 6) is 0.0397. The molecule has 1 aromatic heterocycles. The predicted molar refractivity (Wildman–Crippen MR) is 126 cm³/mol. The van der Waals surface area contributed by atoms with E-state index in [2.05, 4.69) is 4.98 Å². The van der Waals surface area contributed by atoms with Crippen molar-refractivity contribution in [2.75, 3.05) is 31.7 Å². The Morgan fingerprint density at radius 1 is 1.18 bits per heavy atom. The molecule has 1 atom stereocenters. The first kappa shape index (κ1) is 23.0. The minimum absolute atomic E-state index is 0.122. The number of benzene rings is 2. The van der Waals surface area contributed by atoms with Crippen LogP contribution in [0.1, 0.15) is 25.3 Å². The van der Waals surface area contributed by atoms with Gasteiger partial charge in [0.1, 0.15) is 10.6 Å². The highest BCUT2D eigenvalue weighted by Crippen LogP contribution is 2.39. The number of carbonyl (C=O) groups is 1. The third-order valence-electron chi connectivity index (χ3n) is 5.99. The van der Waals surface area contributed by atoms with Gasteiger partial charge in [0.25, 0.3) is 0 Å². The van der Waals surface area contributed by atoms with E-state index in [0.717, 1.165) is 12.0 Å². The van der Waals surface area contributed by atoms with Crippen LogP contribution in [0.15, 0.2) is 58.5 Å². The quantitative estimate of drug-likeness (QED) is 0.502. The molecule has 2 heterocycles. The van der Waals surface area contributed by atoms with Gasteiger partial charge in [-0.1, -0.05) is 17.7 Å². The first-order valence-corrected chi connectivity index (χ1v) is 12.5. The Labute approximate surface area is 194 Å². The summed E-state index contributed by atoms with van der Waals surface area (Å²) in [4.78, 5) is 19.2.